The highest BCUT2D eigenvalue weighted by atomic mass is 16.5. The summed E-state index contributed by atoms with van der Waals surface area (Å²) in [5.74, 6) is -0.185. The van der Waals surface area contributed by atoms with Crippen molar-refractivity contribution in [3.63, 3.8) is 0 Å². The number of aromatic amines is 1. The lowest BCUT2D eigenvalue weighted by atomic mass is 9.77. The highest BCUT2D eigenvalue weighted by Crippen LogP contribution is 2.33. The molecule has 1 aromatic heterocycles. The van der Waals surface area contributed by atoms with Crippen LogP contribution in [0.3, 0.4) is 0 Å². The molecule has 2 N–H and O–H groups in total. The summed E-state index contributed by atoms with van der Waals surface area (Å²) in [5.41, 5.74) is 0.681. The van der Waals surface area contributed by atoms with Crippen LogP contribution >= 0.6 is 0 Å². The number of aryl methyl sites for hydroxylation is 1. The van der Waals surface area contributed by atoms with Crippen molar-refractivity contribution in [3.8, 4) is 5.69 Å². The Hall–Kier alpha value is -2.83. The molecule has 1 amide bonds. The average Bonchev–Trinajstić information content (AvgIpc) is 3.01. The molecule has 0 spiro atoms. The number of rotatable bonds is 4. The molecule has 0 aliphatic heterocycles. The van der Waals surface area contributed by atoms with Crippen LogP contribution in [0, 0.1) is 12.8 Å². The molecule has 1 aromatic carbocycles. The maximum absolute atomic E-state index is 12.8. The lowest BCUT2D eigenvalue weighted by Gasteiger charge is -2.37. The molecule has 1 aliphatic carbocycles. The zero-order valence-electron chi connectivity index (χ0n) is 15.9. The average molecular weight is 371 g/mol. The fraction of sp³-hybridized carbons (Fsp3) is 0.450. The van der Waals surface area contributed by atoms with Gasteiger partial charge in [0.2, 0.25) is 0 Å². The molecule has 1 fully saturated rings. The summed E-state index contributed by atoms with van der Waals surface area (Å²) in [7, 11) is 1.35. The van der Waals surface area contributed by atoms with Crippen molar-refractivity contribution in [1.82, 2.24) is 14.9 Å². The van der Waals surface area contributed by atoms with E-state index in [1.54, 1.807) is 30.5 Å². The van der Waals surface area contributed by atoms with Gasteiger partial charge in [-0.25, -0.2) is 9.59 Å². The number of ether oxygens (including phenoxy) is 1. The van der Waals surface area contributed by atoms with Gasteiger partial charge >= 0.3 is 11.7 Å². The Labute approximate surface area is 157 Å². The third-order valence-electron chi connectivity index (χ3n) is 5.40. The summed E-state index contributed by atoms with van der Waals surface area (Å²) < 4.78 is 6.49. The molecule has 0 radical (unpaired) electrons. The topological polar surface area (TPSA) is 93.2 Å². The van der Waals surface area contributed by atoms with Gasteiger partial charge in [0.25, 0.3) is 5.91 Å². The van der Waals surface area contributed by atoms with E-state index in [-0.39, 0.29) is 11.6 Å². The SMILES string of the molecule is COC(=O)C1(NC(=O)c2ccc(-n3c(C)c[nH]c3=O)cc2)CCC(C)CC1. The van der Waals surface area contributed by atoms with E-state index < -0.39 is 11.5 Å². The lowest BCUT2D eigenvalue weighted by Crippen LogP contribution is -2.56. The number of H-pyrrole nitrogens is 1. The number of aromatic nitrogens is 2. The molecule has 7 nitrogen and oxygen atoms in total. The van der Waals surface area contributed by atoms with Gasteiger partial charge in [-0.3, -0.25) is 9.36 Å². The molecular weight excluding hydrogens is 346 g/mol. The van der Waals surface area contributed by atoms with Crippen molar-refractivity contribution in [2.75, 3.05) is 7.11 Å². The van der Waals surface area contributed by atoms with Crippen LogP contribution in [0.15, 0.2) is 35.3 Å². The van der Waals surface area contributed by atoms with Crippen molar-refractivity contribution < 1.29 is 14.3 Å². The molecule has 1 heterocycles. The second-order valence-electron chi connectivity index (χ2n) is 7.33. The number of carbonyl (C=O) groups is 2. The zero-order chi connectivity index (χ0) is 19.6. The summed E-state index contributed by atoms with van der Waals surface area (Å²) in [4.78, 5) is 39.6. The van der Waals surface area contributed by atoms with E-state index in [2.05, 4.69) is 17.2 Å². The van der Waals surface area contributed by atoms with Crippen LogP contribution in [0.2, 0.25) is 0 Å². The molecule has 0 bridgehead atoms. The van der Waals surface area contributed by atoms with E-state index in [4.69, 9.17) is 4.74 Å². The van der Waals surface area contributed by atoms with Crippen molar-refractivity contribution in [2.24, 2.45) is 5.92 Å². The van der Waals surface area contributed by atoms with Crippen LogP contribution in [-0.2, 0) is 9.53 Å². The Kier molecular flexibility index (Phi) is 5.21. The molecular formula is C20H25N3O4. The van der Waals surface area contributed by atoms with Gasteiger partial charge in [-0.05, 0) is 62.8 Å². The molecule has 2 aromatic rings. The smallest absolute Gasteiger partial charge is 0.331 e. The van der Waals surface area contributed by atoms with Gasteiger partial charge in [0.15, 0.2) is 0 Å². The quantitative estimate of drug-likeness (QED) is 0.807. The second kappa shape index (κ2) is 7.42. The number of benzene rings is 1. The number of carbonyl (C=O) groups excluding carboxylic acids is 2. The summed E-state index contributed by atoms with van der Waals surface area (Å²) in [5, 5.41) is 2.91. The summed E-state index contributed by atoms with van der Waals surface area (Å²) in [6.07, 6.45) is 4.51. The summed E-state index contributed by atoms with van der Waals surface area (Å²) in [6.45, 7) is 3.97. The first kappa shape index (κ1) is 18.9. The van der Waals surface area contributed by atoms with Crippen LogP contribution in [0.4, 0.5) is 0 Å². The fourth-order valence-electron chi connectivity index (χ4n) is 3.66. The Bertz CT molecular complexity index is 887. The Balaban J connectivity index is 1.81. The van der Waals surface area contributed by atoms with Crippen LogP contribution < -0.4 is 11.0 Å². The molecule has 3 rings (SSSR count). The number of nitrogens with zero attached hydrogens (tertiary/aromatic N) is 1. The largest absolute Gasteiger partial charge is 0.467 e. The highest BCUT2D eigenvalue weighted by molar-refractivity contribution is 5.98. The summed E-state index contributed by atoms with van der Waals surface area (Å²) in [6, 6.07) is 6.73. The molecule has 0 saturated heterocycles. The van der Waals surface area contributed by atoms with E-state index in [0.717, 1.165) is 18.5 Å². The Morgan fingerprint density at radius 3 is 2.37 bits per heavy atom. The third-order valence-corrected chi connectivity index (χ3v) is 5.40. The minimum atomic E-state index is -0.967. The molecule has 27 heavy (non-hydrogen) atoms. The fourth-order valence-corrected chi connectivity index (χ4v) is 3.66. The van der Waals surface area contributed by atoms with E-state index in [9.17, 15) is 14.4 Å². The number of imidazole rings is 1. The monoisotopic (exact) mass is 371 g/mol. The van der Waals surface area contributed by atoms with Gasteiger partial charge in [0.05, 0.1) is 12.8 Å². The van der Waals surface area contributed by atoms with E-state index >= 15 is 0 Å². The number of nitrogens with one attached hydrogen (secondary N) is 2. The van der Waals surface area contributed by atoms with Gasteiger partial charge in [0, 0.05) is 17.5 Å². The number of esters is 1. The van der Waals surface area contributed by atoms with E-state index in [1.165, 1.54) is 11.7 Å². The number of methoxy groups -OCH3 is 1. The number of amides is 1. The molecule has 0 atom stereocenters. The standard InChI is InChI=1S/C20H25N3O4/c1-13-8-10-20(11-9-13,18(25)27-3)22-17(24)15-4-6-16(7-5-15)23-14(2)12-21-19(23)26/h4-7,12-13H,8-11H2,1-3H3,(H,21,26)(H,22,24). The van der Waals surface area contributed by atoms with Crippen molar-refractivity contribution in [2.45, 2.75) is 45.1 Å². The normalized spacial score (nSPS) is 22.3. The van der Waals surface area contributed by atoms with Crippen LogP contribution in [0.5, 0.6) is 0 Å². The molecule has 1 aliphatic rings. The van der Waals surface area contributed by atoms with Crippen molar-refractivity contribution in [3.05, 3.63) is 52.2 Å². The van der Waals surface area contributed by atoms with Gasteiger partial charge in [-0.2, -0.15) is 0 Å². The maximum atomic E-state index is 12.8. The number of hydrogen-bond donors (Lipinski definition) is 2. The van der Waals surface area contributed by atoms with Crippen molar-refractivity contribution >= 4 is 11.9 Å². The Morgan fingerprint density at radius 1 is 1.22 bits per heavy atom. The van der Waals surface area contributed by atoms with Gasteiger partial charge in [-0.1, -0.05) is 6.92 Å². The van der Waals surface area contributed by atoms with Crippen LogP contribution in [0.25, 0.3) is 5.69 Å². The third kappa shape index (κ3) is 3.67. The zero-order valence-corrected chi connectivity index (χ0v) is 15.9. The highest BCUT2D eigenvalue weighted by Gasteiger charge is 2.43. The van der Waals surface area contributed by atoms with Crippen LogP contribution in [-0.4, -0.2) is 34.1 Å². The molecule has 7 heteroatoms. The molecule has 0 unspecified atom stereocenters. The maximum Gasteiger partial charge on any atom is 0.331 e. The van der Waals surface area contributed by atoms with Crippen molar-refractivity contribution in [1.29, 1.82) is 0 Å². The van der Waals surface area contributed by atoms with Gasteiger partial charge in [0.1, 0.15) is 5.54 Å². The first-order chi connectivity index (χ1) is 12.9. The second-order valence-corrected chi connectivity index (χ2v) is 7.33. The van der Waals surface area contributed by atoms with E-state index in [1.807, 2.05) is 6.92 Å². The molecule has 1 saturated carbocycles. The van der Waals surface area contributed by atoms with Crippen LogP contribution in [0.1, 0.15) is 48.7 Å². The number of hydrogen-bond acceptors (Lipinski definition) is 4. The first-order valence-electron chi connectivity index (χ1n) is 9.15. The van der Waals surface area contributed by atoms with E-state index in [0.29, 0.717) is 30.0 Å². The minimum Gasteiger partial charge on any atom is -0.467 e. The predicted molar refractivity (Wildman–Crippen MR) is 101 cm³/mol. The predicted octanol–water partition coefficient (Wildman–Crippen LogP) is 2.33. The first-order valence-corrected chi connectivity index (χ1v) is 9.15. The minimum absolute atomic E-state index is 0.231. The summed E-state index contributed by atoms with van der Waals surface area (Å²) >= 11 is 0. The lowest BCUT2D eigenvalue weighted by molar-refractivity contribution is -0.150. The van der Waals surface area contributed by atoms with Gasteiger partial charge in [-0.15, -0.1) is 0 Å². The molecule has 144 valence electrons. The Morgan fingerprint density at radius 2 is 1.85 bits per heavy atom. The van der Waals surface area contributed by atoms with Gasteiger partial charge < -0.3 is 15.0 Å².